The average Bonchev–Trinajstić information content (AvgIpc) is 2.95. The number of nitrogens with one attached hydrogen (secondary N) is 1. The minimum atomic E-state index is -3.32. The molecule has 0 saturated carbocycles. The Balaban J connectivity index is 1.89. The maximum atomic E-state index is 12.1. The molecule has 4 atom stereocenters. The summed E-state index contributed by atoms with van der Waals surface area (Å²) in [6.45, 7) is 0. The van der Waals surface area contributed by atoms with E-state index in [0.717, 1.165) is 8.14 Å². The quantitative estimate of drug-likeness (QED) is 0.316. The third kappa shape index (κ3) is 4.95. The van der Waals surface area contributed by atoms with Crippen molar-refractivity contribution in [2.45, 2.75) is 25.0 Å². The van der Waals surface area contributed by atoms with Crippen molar-refractivity contribution in [3.05, 3.63) is 66.0 Å². The predicted molar refractivity (Wildman–Crippen MR) is 103 cm³/mol. The van der Waals surface area contributed by atoms with Crippen LogP contribution in [0, 0.1) is 15.4 Å². The smallest absolute Gasteiger partial charge is 0.330 e. The molecule has 1 fully saturated rings. The van der Waals surface area contributed by atoms with E-state index in [0.29, 0.717) is 5.56 Å². The molecule has 0 spiro atoms. The Morgan fingerprint density at radius 2 is 2.00 bits per heavy atom. The zero-order valence-corrected chi connectivity index (χ0v) is 16.7. The summed E-state index contributed by atoms with van der Waals surface area (Å²) in [6.07, 6.45) is -2.35. The molecule has 2 aromatic rings. The molecule has 0 aliphatic carbocycles. The van der Waals surface area contributed by atoms with E-state index >= 15 is 0 Å². The molecule has 9 nitrogen and oxygen atoms in total. The number of rotatable bonds is 3. The second-order valence-electron chi connectivity index (χ2n) is 5.61. The number of aliphatic hydroxyl groups is 1. The van der Waals surface area contributed by atoms with E-state index in [9.17, 15) is 19.3 Å². The summed E-state index contributed by atoms with van der Waals surface area (Å²) in [5.74, 6) is 5.54. The van der Waals surface area contributed by atoms with Crippen LogP contribution in [0.5, 0.6) is 0 Å². The van der Waals surface area contributed by atoms with Crippen LogP contribution in [0.25, 0.3) is 0 Å². The van der Waals surface area contributed by atoms with Crippen molar-refractivity contribution in [3.63, 3.8) is 0 Å². The number of nitrogens with zero attached hydrogens (tertiary/aromatic N) is 1. The molecule has 11 heteroatoms. The van der Waals surface area contributed by atoms with Gasteiger partial charge in [-0.3, -0.25) is 23.4 Å². The van der Waals surface area contributed by atoms with Crippen LogP contribution >= 0.6 is 30.8 Å². The van der Waals surface area contributed by atoms with Gasteiger partial charge in [-0.05, 0) is 46.9 Å². The molecule has 0 bridgehead atoms. The van der Waals surface area contributed by atoms with Crippen LogP contribution in [0.2, 0.25) is 0 Å². The first-order valence-corrected chi connectivity index (χ1v) is 10.0. The molecule has 1 unspecified atom stereocenters. The van der Waals surface area contributed by atoms with Crippen LogP contribution in [0.15, 0.2) is 40.1 Å². The van der Waals surface area contributed by atoms with Crippen molar-refractivity contribution < 1.29 is 23.8 Å². The molecule has 2 heterocycles. The average molecular weight is 504 g/mol. The number of aromatic nitrogens is 2. The van der Waals surface area contributed by atoms with Gasteiger partial charge in [-0.15, -0.1) is 0 Å². The van der Waals surface area contributed by atoms with Crippen LogP contribution in [0.4, 0.5) is 0 Å². The third-order valence-corrected chi connectivity index (χ3v) is 4.88. The minimum absolute atomic E-state index is 0.0337. The lowest BCUT2D eigenvalue weighted by Crippen LogP contribution is -2.33. The summed E-state index contributed by atoms with van der Waals surface area (Å²) in [6, 6.07) is 7.34. The van der Waals surface area contributed by atoms with Crippen LogP contribution in [0.1, 0.15) is 23.8 Å². The molecule has 1 aromatic heterocycles. The third-order valence-electron chi connectivity index (χ3n) is 3.73. The molecule has 0 radical (unpaired) electrons. The summed E-state index contributed by atoms with van der Waals surface area (Å²) in [7, 11) is -3.32. The molecule has 142 valence electrons. The maximum Gasteiger partial charge on any atom is 0.330 e. The summed E-state index contributed by atoms with van der Waals surface area (Å²) in [5, 5.41) is 9.86. The van der Waals surface area contributed by atoms with E-state index < -0.39 is 38.1 Å². The fourth-order valence-corrected chi connectivity index (χ4v) is 3.24. The van der Waals surface area contributed by atoms with Crippen molar-refractivity contribution in [2.24, 2.45) is 0 Å². The van der Waals surface area contributed by atoms with Crippen LogP contribution in [-0.4, -0.2) is 31.9 Å². The summed E-state index contributed by atoms with van der Waals surface area (Å²) in [4.78, 5) is 35.0. The second kappa shape index (κ2) is 8.52. The van der Waals surface area contributed by atoms with E-state index in [1.807, 2.05) is 12.1 Å². The highest BCUT2D eigenvalue weighted by atomic mass is 127. The maximum absolute atomic E-state index is 12.1. The summed E-state index contributed by atoms with van der Waals surface area (Å²) >= 11 is 2.16. The molecule has 27 heavy (non-hydrogen) atoms. The van der Waals surface area contributed by atoms with Gasteiger partial charge in [0.2, 0.25) is 0 Å². The normalized spacial score (nSPS) is 22.9. The van der Waals surface area contributed by atoms with Gasteiger partial charge in [0.15, 0.2) is 6.29 Å². The van der Waals surface area contributed by atoms with Crippen molar-refractivity contribution >= 4 is 30.8 Å². The van der Waals surface area contributed by atoms with Gasteiger partial charge in [-0.2, -0.15) is 0 Å². The van der Waals surface area contributed by atoms with Gasteiger partial charge < -0.3 is 14.7 Å². The molecule has 1 saturated heterocycles. The lowest BCUT2D eigenvalue weighted by molar-refractivity contribution is -0.126. The highest BCUT2D eigenvalue weighted by Crippen LogP contribution is 2.33. The molecular formula is C16H14IN2O7P. The highest BCUT2D eigenvalue weighted by Gasteiger charge is 2.37. The zero-order chi connectivity index (χ0) is 19.6. The second-order valence-corrected chi connectivity index (χ2v) is 7.63. The topological polar surface area (TPSA) is 131 Å². The zero-order valence-electron chi connectivity index (χ0n) is 13.6. The molecule has 0 amide bonds. The van der Waals surface area contributed by atoms with E-state index in [2.05, 4.69) is 43.9 Å². The Kier molecular flexibility index (Phi) is 6.31. The summed E-state index contributed by atoms with van der Waals surface area (Å²) in [5.41, 5.74) is -0.677. The van der Waals surface area contributed by atoms with Gasteiger partial charge in [0.1, 0.15) is 17.9 Å². The number of aliphatic hydroxyl groups excluding tert-OH is 1. The van der Waals surface area contributed by atoms with E-state index in [1.165, 1.54) is 6.20 Å². The molecular weight excluding hydrogens is 490 g/mol. The standard InChI is InChI=1S/C16H14IN2O7P/c17-11-5-2-9(3-6-11)1-4-10-8-19(16(22)18-14(10)21)13-7-12(20)15(25-13)26-27(23)24/h2-3,5-6,8,12-13,15,20,27H,7H2,(H,23,24)(H,18,21,22)/t12-,13-,15-/m1/s1. The number of ether oxygens (including phenoxy) is 1. The molecule has 3 rings (SSSR count). The Morgan fingerprint density at radius 3 is 2.67 bits per heavy atom. The molecule has 1 aliphatic heterocycles. The van der Waals surface area contributed by atoms with E-state index in [4.69, 9.17) is 9.63 Å². The fourth-order valence-electron chi connectivity index (χ4n) is 2.46. The summed E-state index contributed by atoms with van der Waals surface area (Å²) < 4.78 is 22.8. The lowest BCUT2D eigenvalue weighted by atomic mass is 10.2. The molecule has 1 aliphatic rings. The van der Waals surface area contributed by atoms with Crippen molar-refractivity contribution in [1.29, 1.82) is 0 Å². The van der Waals surface area contributed by atoms with Gasteiger partial charge in [-0.1, -0.05) is 11.8 Å². The predicted octanol–water partition coefficient (Wildman–Crippen LogP) is 0.545. The largest absolute Gasteiger partial charge is 0.388 e. The molecule has 1 aromatic carbocycles. The van der Waals surface area contributed by atoms with Crippen LogP contribution in [0.3, 0.4) is 0 Å². The number of halogens is 1. The van der Waals surface area contributed by atoms with Gasteiger partial charge in [-0.25, -0.2) is 4.79 Å². The van der Waals surface area contributed by atoms with Crippen LogP contribution in [-0.2, 0) is 13.8 Å². The van der Waals surface area contributed by atoms with Gasteiger partial charge in [0, 0.05) is 21.8 Å². The Labute approximate surface area is 167 Å². The first kappa shape index (κ1) is 20.0. The number of aromatic amines is 1. The molecule has 3 N–H and O–H groups in total. The fraction of sp³-hybridized carbons (Fsp3) is 0.250. The lowest BCUT2D eigenvalue weighted by Gasteiger charge is -2.15. The van der Waals surface area contributed by atoms with Crippen molar-refractivity contribution in [1.82, 2.24) is 9.55 Å². The van der Waals surface area contributed by atoms with Gasteiger partial charge in [0.25, 0.3) is 5.56 Å². The first-order chi connectivity index (χ1) is 12.8. The number of hydrogen-bond donors (Lipinski definition) is 3. The highest BCUT2D eigenvalue weighted by molar-refractivity contribution is 14.1. The number of benzene rings is 1. The van der Waals surface area contributed by atoms with Crippen molar-refractivity contribution in [3.8, 4) is 11.8 Å². The van der Waals surface area contributed by atoms with Crippen molar-refractivity contribution in [2.75, 3.05) is 0 Å². The van der Waals surface area contributed by atoms with Gasteiger partial charge >= 0.3 is 13.9 Å². The Hall–Kier alpha value is -1.74. The minimum Gasteiger partial charge on any atom is -0.388 e. The van der Waals surface area contributed by atoms with E-state index in [1.54, 1.807) is 12.1 Å². The van der Waals surface area contributed by atoms with Crippen LogP contribution < -0.4 is 11.2 Å². The first-order valence-electron chi connectivity index (χ1n) is 7.69. The Bertz CT molecular complexity index is 1040. The monoisotopic (exact) mass is 504 g/mol. The van der Waals surface area contributed by atoms with E-state index in [-0.39, 0.29) is 12.0 Å². The van der Waals surface area contributed by atoms with Gasteiger partial charge in [0.05, 0.1) is 0 Å². The number of H-pyrrole nitrogens is 1. The Morgan fingerprint density at radius 1 is 1.30 bits per heavy atom. The number of hydrogen-bond acceptors (Lipinski definition) is 6. The SMILES string of the molecule is O=c1[nH]c(=O)n([C@H]2C[C@@H](O)[C@@H](O[PH](=O)O)O2)cc1C#Cc1ccc(I)cc1.